The molecule has 0 radical (unpaired) electrons. The lowest BCUT2D eigenvalue weighted by molar-refractivity contribution is -0.105. The molecule has 0 amide bonds. The summed E-state index contributed by atoms with van der Waals surface area (Å²) in [7, 11) is 0. The number of nitrogens with zero attached hydrogens (tertiary/aromatic N) is 3. The molecular weight excluding hydrogens is 214 g/mol. The first kappa shape index (κ1) is 10.1. The summed E-state index contributed by atoms with van der Waals surface area (Å²) in [6.45, 7) is 1.69. The maximum atomic E-state index is 11.1. The Labute approximate surface area is 91.2 Å². The van der Waals surface area contributed by atoms with Gasteiger partial charge in [0.1, 0.15) is 17.4 Å². The average Bonchev–Trinajstić information content (AvgIpc) is 2.42. The summed E-state index contributed by atoms with van der Waals surface area (Å²) in [5.74, 6) is 1.12. The van der Waals surface area contributed by atoms with Crippen molar-refractivity contribution in [2.45, 2.75) is 13.0 Å². The largest absolute Gasteiger partial charge is 0.383 e. The van der Waals surface area contributed by atoms with E-state index in [1.165, 1.54) is 0 Å². The minimum atomic E-state index is -0.675. The number of aromatic nitrogens is 2. The molecule has 1 unspecified atom stereocenters. The van der Waals surface area contributed by atoms with Crippen molar-refractivity contribution < 1.29 is 4.79 Å². The number of thiol groups is 1. The van der Waals surface area contributed by atoms with Gasteiger partial charge in [0.2, 0.25) is 5.12 Å². The van der Waals surface area contributed by atoms with Crippen molar-refractivity contribution in [3.8, 4) is 0 Å². The fourth-order valence-corrected chi connectivity index (χ4v) is 1.66. The normalized spacial score (nSPS) is 18.6. The van der Waals surface area contributed by atoms with Gasteiger partial charge in [0.15, 0.2) is 5.82 Å². The predicted molar refractivity (Wildman–Crippen MR) is 59.2 cm³/mol. The Morgan fingerprint density at radius 2 is 2.13 bits per heavy atom. The molecule has 0 spiro atoms. The third-order valence-electron chi connectivity index (χ3n) is 2.12. The first-order valence-corrected chi connectivity index (χ1v) is 4.67. The van der Waals surface area contributed by atoms with Gasteiger partial charge in [0, 0.05) is 0 Å². The number of hydrogen-bond acceptors (Lipinski definition) is 6. The third kappa shape index (κ3) is 1.49. The summed E-state index contributed by atoms with van der Waals surface area (Å²) in [5.41, 5.74) is 12.1. The van der Waals surface area contributed by atoms with E-state index in [9.17, 15) is 4.79 Å². The molecule has 0 aliphatic carbocycles. The zero-order chi connectivity index (χ0) is 11.2. The van der Waals surface area contributed by atoms with E-state index < -0.39 is 11.2 Å². The second-order valence-corrected chi connectivity index (χ2v) is 3.58. The van der Waals surface area contributed by atoms with E-state index in [4.69, 9.17) is 11.5 Å². The molecule has 0 bridgehead atoms. The highest BCUT2D eigenvalue weighted by Gasteiger charge is 2.31. The smallest absolute Gasteiger partial charge is 0.232 e. The summed E-state index contributed by atoms with van der Waals surface area (Å²) >= 11 is 3.68. The molecule has 78 valence electrons. The maximum absolute atomic E-state index is 11.1. The van der Waals surface area contributed by atoms with Crippen molar-refractivity contribution in [1.82, 2.24) is 9.97 Å². The van der Waals surface area contributed by atoms with Gasteiger partial charge in [-0.25, -0.2) is 15.0 Å². The van der Waals surface area contributed by atoms with Crippen LogP contribution in [0, 0.1) is 6.92 Å². The van der Waals surface area contributed by atoms with E-state index >= 15 is 0 Å². The lowest BCUT2D eigenvalue weighted by Gasteiger charge is -2.07. The molecule has 2 rings (SSSR count). The van der Waals surface area contributed by atoms with Gasteiger partial charge in [-0.05, 0) is 6.92 Å². The van der Waals surface area contributed by atoms with E-state index in [0.29, 0.717) is 17.2 Å². The van der Waals surface area contributed by atoms with Crippen LogP contribution in [0.3, 0.4) is 0 Å². The van der Waals surface area contributed by atoms with Gasteiger partial charge in [-0.3, -0.25) is 4.79 Å². The van der Waals surface area contributed by atoms with Crippen LogP contribution in [0.4, 0.5) is 11.6 Å². The average molecular weight is 223 g/mol. The maximum Gasteiger partial charge on any atom is 0.232 e. The standard InChI is InChI=1S/C8H9N5OS/c1-2-11-6(10)3-4(9)5(8(14)15)13-7(3)12-2/h4H,9H2,1H3,(H,14,15)(H2,10,11,12). The van der Waals surface area contributed by atoms with Crippen LogP contribution >= 0.6 is 12.6 Å². The zero-order valence-corrected chi connectivity index (χ0v) is 8.82. The van der Waals surface area contributed by atoms with Crippen molar-refractivity contribution in [1.29, 1.82) is 0 Å². The monoisotopic (exact) mass is 223 g/mol. The number of rotatable bonds is 1. The number of aliphatic imine (C=N–C) groups is 1. The highest BCUT2D eigenvalue weighted by molar-refractivity contribution is 7.98. The van der Waals surface area contributed by atoms with Gasteiger partial charge < -0.3 is 11.5 Å². The van der Waals surface area contributed by atoms with E-state index in [-0.39, 0.29) is 11.5 Å². The molecule has 1 aliphatic heterocycles. The van der Waals surface area contributed by atoms with Crippen LogP contribution in [0.1, 0.15) is 17.4 Å². The molecule has 1 aromatic rings. The lowest BCUT2D eigenvalue weighted by Crippen LogP contribution is -2.23. The minimum absolute atomic E-state index is 0.153. The van der Waals surface area contributed by atoms with E-state index in [2.05, 4.69) is 27.6 Å². The highest BCUT2D eigenvalue weighted by Crippen LogP contribution is 2.34. The molecule has 0 saturated carbocycles. The van der Waals surface area contributed by atoms with Gasteiger partial charge in [0.05, 0.1) is 11.6 Å². The molecular formula is C8H9N5OS. The number of carbonyl (C=O) groups is 1. The van der Waals surface area contributed by atoms with Crippen LogP contribution in [0.15, 0.2) is 4.99 Å². The SMILES string of the molecule is Cc1nc(N)c2c(n1)N=C(C(=O)S)C2N. The molecule has 4 N–H and O–H groups in total. The second-order valence-electron chi connectivity index (χ2n) is 3.17. The van der Waals surface area contributed by atoms with Gasteiger partial charge in [-0.2, -0.15) is 0 Å². The minimum Gasteiger partial charge on any atom is -0.383 e. The van der Waals surface area contributed by atoms with Crippen LogP contribution in [0.5, 0.6) is 0 Å². The number of nitrogen functional groups attached to an aromatic ring is 1. The van der Waals surface area contributed by atoms with Gasteiger partial charge in [0.25, 0.3) is 0 Å². The molecule has 1 aromatic heterocycles. The summed E-state index contributed by atoms with van der Waals surface area (Å²) in [4.78, 5) is 23.1. The van der Waals surface area contributed by atoms with Crippen LogP contribution in [-0.2, 0) is 4.79 Å². The number of aryl methyl sites for hydroxylation is 1. The molecule has 7 heteroatoms. The van der Waals surface area contributed by atoms with Crippen LogP contribution in [-0.4, -0.2) is 20.8 Å². The molecule has 1 aliphatic rings. The first-order valence-electron chi connectivity index (χ1n) is 4.22. The second kappa shape index (κ2) is 3.28. The molecule has 6 nitrogen and oxygen atoms in total. The predicted octanol–water partition coefficient (Wildman–Crippen LogP) is -0.0905. The number of nitrogens with two attached hydrogens (primary N) is 2. The Morgan fingerprint density at radius 1 is 1.47 bits per heavy atom. The number of hydrogen-bond donors (Lipinski definition) is 3. The number of fused-ring (bicyclic) bond motifs is 1. The van der Waals surface area contributed by atoms with Crippen molar-refractivity contribution in [2.75, 3.05) is 5.73 Å². The fraction of sp³-hybridized carbons (Fsp3) is 0.250. The summed E-state index contributed by atoms with van der Waals surface area (Å²) < 4.78 is 0. The quantitative estimate of drug-likeness (QED) is 0.577. The lowest BCUT2D eigenvalue weighted by atomic mass is 10.1. The van der Waals surface area contributed by atoms with E-state index in [1.54, 1.807) is 6.92 Å². The van der Waals surface area contributed by atoms with Crippen molar-refractivity contribution in [3.63, 3.8) is 0 Å². The fourth-order valence-electron chi connectivity index (χ4n) is 1.47. The summed E-state index contributed by atoms with van der Waals surface area (Å²) in [5, 5.41) is -0.474. The highest BCUT2D eigenvalue weighted by atomic mass is 32.1. The molecule has 0 aromatic carbocycles. The van der Waals surface area contributed by atoms with Crippen LogP contribution in [0.25, 0.3) is 0 Å². The molecule has 15 heavy (non-hydrogen) atoms. The Kier molecular flexibility index (Phi) is 2.20. The zero-order valence-electron chi connectivity index (χ0n) is 7.93. The van der Waals surface area contributed by atoms with Crippen LogP contribution in [0.2, 0.25) is 0 Å². The van der Waals surface area contributed by atoms with Crippen molar-refractivity contribution in [2.24, 2.45) is 10.7 Å². The Hall–Kier alpha value is -1.47. The first-order chi connectivity index (χ1) is 7.00. The molecule has 0 saturated heterocycles. The van der Waals surface area contributed by atoms with E-state index in [0.717, 1.165) is 0 Å². The summed E-state index contributed by atoms with van der Waals surface area (Å²) in [6.07, 6.45) is 0. The number of carbonyl (C=O) groups excluding carboxylic acids is 1. The van der Waals surface area contributed by atoms with Crippen LogP contribution < -0.4 is 11.5 Å². The Balaban J connectivity index is 2.60. The van der Waals surface area contributed by atoms with Gasteiger partial charge >= 0.3 is 0 Å². The van der Waals surface area contributed by atoms with Gasteiger partial charge in [-0.15, -0.1) is 0 Å². The van der Waals surface area contributed by atoms with E-state index in [1.807, 2.05) is 0 Å². The molecule has 2 heterocycles. The molecule has 1 atom stereocenters. The molecule has 0 fully saturated rings. The van der Waals surface area contributed by atoms with Crippen molar-refractivity contribution in [3.05, 3.63) is 11.4 Å². The third-order valence-corrected chi connectivity index (χ3v) is 2.35. The summed E-state index contributed by atoms with van der Waals surface area (Å²) in [6, 6.07) is -0.675. The number of anilines is 1. The Morgan fingerprint density at radius 3 is 2.73 bits per heavy atom. The Bertz CT molecular complexity index is 484. The van der Waals surface area contributed by atoms with Gasteiger partial charge in [-0.1, -0.05) is 12.6 Å². The topological polar surface area (TPSA) is 107 Å². The van der Waals surface area contributed by atoms with Crippen molar-refractivity contribution >= 4 is 35.1 Å².